The summed E-state index contributed by atoms with van der Waals surface area (Å²) < 4.78 is 38.5. The Kier molecular flexibility index (Phi) is 9.04. The van der Waals surface area contributed by atoms with Gasteiger partial charge in [0, 0.05) is 11.1 Å². The van der Waals surface area contributed by atoms with Crippen LogP contribution in [0.4, 0.5) is 0 Å². The summed E-state index contributed by atoms with van der Waals surface area (Å²) in [7, 11) is -3.78. The summed E-state index contributed by atoms with van der Waals surface area (Å²) in [6.45, 7) is 10.3. The standard InChI is InChI=1S/C36H34O6S/c1-25-19-27(15-17-35(3,4)37)23-31(21-25)41-29-7-11-33(12-8-29)43(39,40)34-13-9-30(10-14-34)42-32-22-26(2)20-28(24-32)16-18-36(5,6)38/h7-14,19-24,37-38H,1-6H3. The highest BCUT2D eigenvalue weighted by molar-refractivity contribution is 7.91. The first-order valence-electron chi connectivity index (χ1n) is 13.6. The smallest absolute Gasteiger partial charge is 0.206 e. The number of hydrogen-bond acceptors (Lipinski definition) is 6. The van der Waals surface area contributed by atoms with Crippen LogP contribution in [0.15, 0.2) is 94.7 Å². The lowest BCUT2D eigenvalue weighted by atomic mass is 10.1. The Labute approximate surface area is 253 Å². The molecule has 0 aliphatic heterocycles. The zero-order chi connectivity index (χ0) is 31.4. The molecule has 0 amide bonds. The van der Waals surface area contributed by atoms with Crippen LogP contribution in [0, 0.1) is 37.5 Å². The highest BCUT2D eigenvalue weighted by atomic mass is 32.2. The molecule has 4 rings (SSSR count). The van der Waals surface area contributed by atoms with Gasteiger partial charge in [-0.05, 0) is 138 Å². The molecule has 0 aliphatic carbocycles. The van der Waals surface area contributed by atoms with Crippen LogP contribution in [0.5, 0.6) is 23.0 Å². The van der Waals surface area contributed by atoms with Crippen molar-refractivity contribution in [3.05, 3.63) is 107 Å². The van der Waals surface area contributed by atoms with Crippen molar-refractivity contribution in [1.29, 1.82) is 0 Å². The van der Waals surface area contributed by atoms with Gasteiger partial charge in [-0.3, -0.25) is 0 Å². The van der Waals surface area contributed by atoms with E-state index in [4.69, 9.17) is 9.47 Å². The Morgan fingerprint density at radius 1 is 0.558 bits per heavy atom. The fourth-order valence-corrected chi connectivity index (χ4v) is 5.25. The highest BCUT2D eigenvalue weighted by Gasteiger charge is 2.18. The lowest BCUT2D eigenvalue weighted by Gasteiger charge is -2.11. The summed E-state index contributed by atoms with van der Waals surface area (Å²) in [6, 6.07) is 23.4. The fourth-order valence-electron chi connectivity index (χ4n) is 3.99. The van der Waals surface area contributed by atoms with Crippen LogP contribution in [-0.4, -0.2) is 29.8 Å². The maximum absolute atomic E-state index is 13.3. The summed E-state index contributed by atoms with van der Waals surface area (Å²) in [5.41, 5.74) is 1.05. The Morgan fingerprint density at radius 2 is 0.907 bits per heavy atom. The van der Waals surface area contributed by atoms with E-state index in [2.05, 4.69) is 23.7 Å². The zero-order valence-corrected chi connectivity index (χ0v) is 25.8. The quantitative estimate of drug-likeness (QED) is 0.234. The minimum Gasteiger partial charge on any atom is -0.457 e. The van der Waals surface area contributed by atoms with Crippen LogP contribution in [0.3, 0.4) is 0 Å². The van der Waals surface area contributed by atoms with Crippen molar-refractivity contribution in [1.82, 2.24) is 0 Å². The second-order valence-corrected chi connectivity index (χ2v) is 13.3. The van der Waals surface area contributed by atoms with Crippen LogP contribution in [0.2, 0.25) is 0 Å². The van der Waals surface area contributed by atoms with E-state index in [1.54, 1.807) is 64.1 Å². The third-order valence-electron chi connectivity index (χ3n) is 5.87. The second kappa shape index (κ2) is 12.4. The van der Waals surface area contributed by atoms with Gasteiger partial charge in [-0.1, -0.05) is 23.7 Å². The Hall–Kier alpha value is -4.53. The van der Waals surface area contributed by atoms with Gasteiger partial charge in [-0.2, -0.15) is 0 Å². The minimum atomic E-state index is -3.78. The lowest BCUT2D eigenvalue weighted by molar-refractivity contribution is 0.143. The molecule has 0 spiro atoms. The largest absolute Gasteiger partial charge is 0.457 e. The van der Waals surface area contributed by atoms with Crippen molar-refractivity contribution in [2.45, 2.75) is 62.5 Å². The summed E-state index contributed by atoms with van der Waals surface area (Å²) >= 11 is 0. The minimum absolute atomic E-state index is 0.128. The number of aliphatic hydroxyl groups is 2. The van der Waals surface area contributed by atoms with E-state index >= 15 is 0 Å². The van der Waals surface area contributed by atoms with Gasteiger partial charge in [0.15, 0.2) is 0 Å². The van der Waals surface area contributed by atoms with Crippen LogP contribution in [-0.2, 0) is 9.84 Å². The first-order valence-corrected chi connectivity index (χ1v) is 15.1. The van der Waals surface area contributed by atoms with Crippen LogP contribution in [0.1, 0.15) is 49.9 Å². The van der Waals surface area contributed by atoms with Crippen LogP contribution < -0.4 is 9.47 Å². The van der Waals surface area contributed by atoms with Crippen molar-refractivity contribution in [3.63, 3.8) is 0 Å². The molecule has 4 aromatic carbocycles. The van der Waals surface area contributed by atoms with Crippen LogP contribution >= 0.6 is 0 Å². The van der Waals surface area contributed by atoms with E-state index in [0.717, 1.165) is 11.1 Å². The molecule has 220 valence electrons. The normalized spacial score (nSPS) is 11.5. The van der Waals surface area contributed by atoms with E-state index in [1.807, 2.05) is 38.1 Å². The van der Waals surface area contributed by atoms with Crippen molar-refractivity contribution >= 4 is 9.84 Å². The van der Waals surface area contributed by atoms with Gasteiger partial charge in [-0.25, -0.2) is 8.42 Å². The van der Waals surface area contributed by atoms with Gasteiger partial charge in [0.2, 0.25) is 9.84 Å². The molecular formula is C36H34O6S. The van der Waals surface area contributed by atoms with Crippen LogP contribution in [0.25, 0.3) is 0 Å². The number of benzene rings is 4. The summed E-state index contributed by atoms with van der Waals surface area (Å²) in [4.78, 5) is 0.256. The Balaban J connectivity index is 1.48. The topological polar surface area (TPSA) is 93.1 Å². The molecule has 43 heavy (non-hydrogen) atoms. The first kappa shape index (κ1) is 31.4. The van der Waals surface area contributed by atoms with Gasteiger partial charge in [0.05, 0.1) is 9.79 Å². The molecule has 0 aromatic heterocycles. The fraction of sp³-hybridized carbons (Fsp3) is 0.222. The van der Waals surface area contributed by atoms with E-state index < -0.39 is 21.0 Å². The molecule has 0 saturated carbocycles. The maximum Gasteiger partial charge on any atom is 0.206 e. The molecule has 2 N–H and O–H groups in total. The number of sulfone groups is 1. The van der Waals surface area contributed by atoms with Crippen molar-refractivity contribution in [3.8, 4) is 46.7 Å². The Bertz CT molecular complexity index is 1720. The van der Waals surface area contributed by atoms with Gasteiger partial charge >= 0.3 is 0 Å². The molecule has 0 saturated heterocycles. The van der Waals surface area contributed by atoms with Gasteiger partial charge in [0.25, 0.3) is 0 Å². The molecule has 0 fully saturated rings. The van der Waals surface area contributed by atoms with E-state index in [0.29, 0.717) is 34.1 Å². The Morgan fingerprint density at radius 3 is 1.23 bits per heavy atom. The zero-order valence-electron chi connectivity index (χ0n) is 25.0. The van der Waals surface area contributed by atoms with E-state index in [9.17, 15) is 18.6 Å². The average molecular weight is 595 g/mol. The number of ether oxygens (including phenoxy) is 2. The molecule has 7 heteroatoms. The van der Waals surface area contributed by atoms with E-state index in [1.165, 1.54) is 24.3 Å². The number of hydrogen-bond donors (Lipinski definition) is 2. The van der Waals surface area contributed by atoms with Crippen molar-refractivity contribution in [2.24, 2.45) is 0 Å². The lowest BCUT2D eigenvalue weighted by Crippen LogP contribution is -2.14. The SMILES string of the molecule is Cc1cc(C#CC(C)(C)O)cc(Oc2ccc(S(=O)(=O)c3ccc(Oc4cc(C)cc(C#CC(C)(C)O)c4)cc3)cc2)c1. The summed E-state index contributed by atoms with van der Waals surface area (Å²) in [5.74, 6) is 13.5. The monoisotopic (exact) mass is 594 g/mol. The number of aryl methyl sites for hydroxylation is 2. The maximum atomic E-state index is 13.3. The third-order valence-corrected chi connectivity index (χ3v) is 7.65. The molecule has 4 aromatic rings. The summed E-state index contributed by atoms with van der Waals surface area (Å²) in [6.07, 6.45) is 0. The molecule has 0 bridgehead atoms. The number of rotatable bonds is 6. The molecular weight excluding hydrogens is 560 g/mol. The van der Waals surface area contributed by atoms with Crippen molar-refractivity contribution < 1.29 is 28.1 Å². The first-order chi connectivity index (χ1) is 20.1. The highest BCUT2D eigenvalue weighted by Crippen LogP contribution is 2.30. The van der Waals surface area contributed by atoms with Crippen molar-refractivity contribution in [2.75, 3.05) is 0 Å². The summed E-state index contributed by atoms with van der Waals surface area (Å²) in [5, 5.41) is 19.8. The van der Waals surface area contributed by atoms with E-state index in [-0.39, 0.29) is 9.79 Å². The average Bonchev–Trinajstić information content (AvgIpc) is 2.90. The molecule has 0 heterocycles. The van der Waals surface area contributed by atoms with Gasteiger partial charge in [0.1, 0.15) is 34.2 Å². The predicted octanol–water partition coefficient (Wildman–Crippen LogP) is 6.97. The second-order valence-electron chi connectivity index (χ2n) is 11.3. The molecule has 0 unspecified atom stereocenters. The molecule has 0 atom stereocenters. The molecule has 6 nitrogen and oxygen atoms in total. The molecule has 0 aliphatic rings. The van der Waals surface area contributed by atoms with Gasteiger partial charge < -0.3 is 19.7 Å². The van der Waals surface area contributed by atoms with Gasteiger partial charge in [-0.15, -0.1) is 0 Å². The predicted molar refractivity (Wildman–Crippen MR) is 167 cm³/mol. The third kappa shape index (κ3) is 9.23. The molecule has 0 radical (unpaired) electrons.